The van der Waals surface area contributed by atoms with Crippen LogP contribution in [-0.2, 0) is 12.6 Å². The molecule has 0 aliphatic heterocycles. The molecule has 0 radical (unpaired) electrons. The molecule has 0 spiro atoms. The molecule has 0 saturated carbocycles. The maximum Gasteiger partial charge on any atom is 0.416 e. The summed E-state index contributed by atoms with van der Waals surface area (Å²) in [5.74, 6) is 0.212. The van der Waals surface area contributed by atoms with E-state index < -0.39 is 11.7 Å². The summed E-state index contributed by atoms with van der Waals surface area (Å²) >= 11 is 0. The van der Waals surface area contributed by atoms with Crippen molar-refractivity contribution in [1.29, 1.82) is 0 Å². The molecular weight excluding hydrogens is 215 g/mol. The Kier molecular flexibility index (Phi) is 3.97. The van der Waals surface area contributed by atoms with Crippen LogP contribution in [0.5, 0.6) is 0 Å². The number of benzene rings is 1. The Hall–Kier alpha value is -1.03. The molecule has 4 heteroatoms. The van der Waals surface area contributed by atoms with Gasteiger partial charge in [-0.3, -0.25) is 0 Å². The van der Waals surface area contributed by atoms with E-state index in [1.807, 2.05) is 13.8 Å². The Morgan fingerprint density at radius 1 is 1.25 bits per heavy atom. The third-order valence-electron chi connectivity index (χ3n) is 2.51. The highest BCUT2D eigenvalue weighted by atomic mass is 19.4. The lowest BCUT2D eigenvalue weighted by atomic mass is 9.93. The lowest BCUT2D eigenvalue weighted by molar-refractivity contribution is -0.137. The molecule has 0 atom stereocenters. The van der Waals surface area contributed by atoms with E-state index in [4.69, 9.17) is 5.73 Å². The van der Waals surface area contributed by atoms with Crippen LogP contribution in [0.1, 0.15) is 36.5 Å². The van der Waals surface area contributed by atoms with Gasteiger partial charge < -0.3 is 5.73 Å². The van der Waals surface area contributed by atoms with Crippen LogP contribution in [0.3, 0.4) is 0 Å². The molecular formula is C12H16F3N. The second-order valence-corrected chi connectivity index (χ2v) is 4.10. The third-order valence-corrected chi connectivity index (χ3v) is 2.51. The van der Waals surface area contributed by atoms with Crippen molar-refractivity contribution in [3.05, 3.63) is 34.9 Å². The summed E-state index contributed by atoms with van der Waals surface area (Å²) in [6.07, 6.45) is -3.80. The molecule has 0 fully saturated rings. The average Bonchev–Trinajstić information content (AvgIpc) is 2.16. The smallest absolute Gasteiger partial charge is 0.330 e. The van der Waals surface area contributed by atoms with E-state index >= 15 is 0 Å². The molecule has 0 saturated heterocycles. The van der Waals surface area contributed by atoms with Gasteiger partial charge in [-0.1, -0.05) is 19.9 Å². The van der Waals surface area contributed by atoms with Gasteiger partial charge >= 0.3 is 6.18 Å². The third kappa shape index (κ3) is 2.98. The first-order valence-electron chi connectivity index (χ1n) is 5.26. The zero-order valence-electron chi connectivity index (χ0n) is 9.43. The molecule has 0 amide bonds. The van der Waals surface area contributed by atoms with Crippen LogP contribution in [0.25, 0.3) is 0 Å². The molecule has 16 heavy (non-hydrogen) atoms. The molecule has 1 aromatic rings. The monoisotopic (exact) mass is 231 g/mol. The van der Waals surface area contributed by atoms with Crippen molar-refractivity contribution in [2.24, 2.45) is 5.73 Å². The first kappa shape index (κ1) is 13.0. The maximum absolute atomic E-state index is 12.5. The van der Waals surface area contributed by atoms with E-state index in [1.165, 1.54) is 6.07 Å². The van der Waals surface area contributed by atoms with Crippen LogP contribution in [0.4, 0.5) is 13.2 Å². The number of rotatable bonds is 3. The van der Waals surface area contributed by atoms with E-state index in [9.17, 15) is 13.2 Å². The van der Waals surface area contributed by atoms with Gasteiger partial charge in [0.15, 0.2) is 0 Å². The fourth-order valence-corrected chi connectivity index (χ4v) is 1.72. The number of nitrogens with two attached hydrogens (primary N) is 1. The minimum Gasteiger partial charge on any atom is -0.330 e. The molecule has 90 valence electrons. The molecule has 0 aliphatic carbocycles. The zero-order valence-corrected chi connectivity index (χ0v) is 9.43. The Bertz CT molecular complexity index is 356. The fourth-order valence-electron chi connectivity index (χ4n) is 1.72. The van der Waals surface area contributed by atoms with Crippen LogP contribution in [0, 0.1) is 0 Å². The molecule has 2 N–H and O–H groups in total. The summed E-state index contributed by atoms with van der Waals surface area (Å²) in [6, 6.07) is 3.90. The van der Waals surface area contributed by atoms with Crippen LogP contribution in [-0.4, -0.2) is 6.54 Å². The summed E-state index contributed by atoms with van der Waals surface area (Å²) in [5, 5.41) is 0. The summed E-state index contributed by atoms with van der Waals surface area (Å²) < 4.78 is 37.5. The Balaban J connectivity index is 3.17. The first-order chi connectivity index (χ1) is 7.36. The van der Waals surface area contributed by atoms with E-state index in [0.717, 1.165) is 11.6 Å². The van der Waals surface area contributed by atoms with Crippen molar-refractivity contribution in [3.63, 3.8) is 0 Å². The Morgan fingerprint density at radius 2 is 1.88 bits per heavy atom. The van der Waals surface area contributed by atoms with E-state index in [0.29, 0.717) is 18.5 Å². The van der Waals surface area contributed by atoms with E-state index in [1.54, 1.807) is 6.07 Å². The lowest BCUT2D eigenvalue weighted by Gasteiger charge is -2.15. The van der Waals surface area contributed by atoms with Gasteiger partial charge in [0.2, 0.25) is 0 Å². The van der Waals surface area contributed by atoms with Crippen molar-refractivity contribution < 1.29 is 13.2 Å². The highest BCUT2D eigenvalue weighted by molar-refractivity contribution is 5.35. The van der Waals surface area contributed by atoms with Gasteiger partial charge in [-0.15, -0.1) is 0 Å². The molecule has 1 nitrogen and oxygen atoms in total. The molecule has 0 unspecified atom stereocenters. The predicted molar refractivity (Wildman–Crippen MR) is 58.3 cm³/mol. The minimum absolute atomic E-state index is 0.212. The molecule has 0 aliphatic rings. The van der Waals surface area contributed by atoms with Crippen molar-refractivity contribution >= 4 is 0 Å². The normalized spacial score (nSPS) is 12.2. The number of hydrogen-bond acceptors (Lipinski definition) is 1. The fraction of sp³-hybridized carbons (Fsp3) is 0.500. The van der Waals surface area contributed by atoms with Gasteiger partial charge in [0, 0.05) is 0 Å². The van der Waals surface area contributed by atoms with Crippen molar-refractivity contribution in [3.8, 4) is 0 Å². The standard InChI is InChI=1S/C12H16F3N/c1-8(2)11-4-3-10(12(13,14)15)7-9(11)5-6-16/h3-4,7-8H,5-6,16H2,1-2H3. The van der Waals surface area contributed by atoms with Gasteiger partial charge in [0.1, 0.15) is 0 Å². The second-order valence-electron chi connectivity index (χ2n) is 4.10. The minimum atomic E-state index is -4.28. The summed E-state index contributed by atoms with van der Waals surface area (Å²) in [7, 11) is 0. The van der Waals surface area contributed by atoms with Crippen LogP contribution in [0.15, 0.2) is 18.2 Å². The Morgan fingerprint density at radius 3 is 2.31 bits per heavy atom. The lowest BCUT2D eigenvalue weighted by Crippen LogP contribution is -2.10. The zero-order chi connectivity index (χ0) is 12.3. The highest BCUT2D eigenvalue weighted by Crippen LogP contribution is 2.32. The maximum atomic E-state index is 12.5. The molecule has 1 rings (SSSR count). The quantitative estimate of drug-likeness (QED) is 0.848. The molecule has 0 bridgehead atoms. The average molecular weight is 231 g/mol. The highest BCUT2D eigenvalue weighted by Gasteiger charge is 2.30. The van der Waals surface area contributed by atoms with Crippen molar-refractivity contribution in [1.82, 2.24) is 0 Å². The van der Waals surface area contributed by atoms with Crippen LogP contribution in [0.2, 0.25) is 0 Å². The predicted octanol–water partition coefficient (Wildman–Crippen LogP) is 3.33. The SMILES string of the molecule is CC(C)c1ccc(C(F)(F)F)cc1CCN. The summed E-state index contributed by atoms with van der Waals surface area (Å²) in [4.78, 5) is 0. The van der Waals surface area contributed by atoms with Gasteiger partial charge in [-0.2, -0.15) is 13.2 Å². The second kappa shape index (κ2) is 4.87. The summed E-state index contributed by atoms with van der Waals surface area (Å²) in [5.41, 5.74) is 6.45. The van der Waals surface area contributed by atoms with E-state index in [-0.39, 0.29) is 5.92 Å². The largest absolute Gasteiger partial charge is 0.416 e. The molecule has 1 aromatic carbocycles. The summed E-state index contributed by atoms with van der Waals surface area (Å²) in [6.45, 7) is 4.28. The topological polar surface area (TPSA) is 26.0 Å². The van der Waals surface area contributed by atoms with Gasteiger partial charge in [-0.25, -0.2) is 0 Å². The van der Waals surface area contributed by atoms with Crippen molar-refractivity contribution in [2.75, 3.05) is 6.54 Å². The molecule has 0 heterocycles. The Labute approximate surface area is 93.5 Å². The van der Waals surface area contributed by atoms with E-state index in [2.05, 4.69) is 0 Å². The van der Waals surface area contributed by atoms with Gasteiger partial charge in [-0.05, 0) is 42.1 Å². The number of hydrogen-bond donors (Lipinski definition) is 1. The number of halogens is 3. The first-order valence-corrected chi connectivity index (χ1v) is 5.26. The molecule has 0 aromatic heterocycles. The number of alkyl halides is 3. The van der Waals surface area contributed by atoms with Crippen molar-refractivity contribution in [2.45, 2.75) is 32.4 Å². The van der Waals surface area contributed by atoms with Gasteiger partial charge in [0.25, 0.3) is 0 Å². The van der Waals surface area contributed by atoms with Gasteiger partial charge in [0.05, 0.1) is 5.56 Å². The van der Waals surface area contributed by atoms with Crippen LogP contribution >= 0.6 is 0 Å². The van der Waals surface area contributed by atoms with Crippen LogP contribution < -0.4 is 5.73 Å².